The van der Waals surface area contributed by atoms with E-state index in [4.69, 9.17) is 34.8 Å². The second-order valence-electron chi connectivity index (χ2n) is 7.64. The van der Waals surface area contributed by atoms with Crippen LogP contribution in [0.25, 0.3) is 0 Å². The first-order valence-corrected chi connectivity index (χ1v) is 11.8. The topological polar surface area (TPSA) is 49.4 Å². The highest BCUT2D eigenvalue weighted by Gasteiger charge is 2.30. The summed E-state index contributed by atoms with van der Waals surface area (Å²) in [6.07, 6.45) is 0.455. The largest absolute Gasteiger partial charge is 0.355 e. The maximum atomic E-state index is 13.6. The molecule has 1 N–H and O–H groups in total. The van der Waals surface area contributed by atoms with E-state index in [1.54, 1.807) is 29.2 Å². The maximum absolute atomic E-state index is 13.6. The van der Waals surface area contributed by atoms with Gasteiger partial charge in [0.15, 0.2) is 0 Å². The van der Waals surface area contributed by atoms with Crippen LogP contribution in [0.4, 0.5) is 0 Å². The van der Waals surface area contributed by atoms with E-state index in [-0.39, 0.29) is 24.8 Å². The van der Waals surface area contributed by atoms with E-state index in [0.717, 1.165) is 11.1 Å². The van der Waals surface area contributed by atoms with Crippen LogP contribution in [0, 0.1) is 0 Å². The van der Waals surface area contributed by atoms with E-state index in [1.807, 2.05) is 55.5 Å². The maximum Gasteiger partial charge on any atom is 0.243 e. The molecule has 172 valence electrons. The van der Waals surface area contributed by atoms with Gasteiger partial charge in [-0.3, -0.25) is 9.59 Å². The fraction of sp³-hybridized carbons (Fsp3) is 0.231. The van der Waals surface area contributed by atoms with Crippen molar-refractivity contribution >= 4 is 46.6 Å². The third-order valence-corrected chi connectivity index (χ3v) is 6.37. The zero-order chi connectivity index (χ0) is 23.8. The molecule has 2 amide bonds. The number of hydrogen-bond donors (Lipinski definition) is 1. The lowest BCUT2D eigenvalue weighted by atomic mass is 10.0. The highest BCUT2D eigenvalue weighted by atomic mass is 35.5. The summed E-state index contributed by atoms with van der Waals surface area (Å²) < 4.78 is 0. The molecule has 7 heteroatoms. The zero-order valence-corrected chi connectivity index (χ0v) is 20.5. The zero-order valence-electron chi connectivity index (χ0n) is 18.2. The molecule has 3 aromatic rings. The molecule has 0 unspecified atom stereocenters. The van der Waals surface area contributed by atoms with Gasteiger partial charge in [-0.15, -0.1) is 0 Å². The Morgan fingerprint density at radius 3 is 2.21 bits per heavy atom. The predicted molar refractivity (Wildman–Crippen MR) is 135 cm³/mol. The lowest BCUT2D eigenvalue weighted by Gasteiger charge is -2.32. The SMILES string of the molecule is CCNC(=O)[C@@H](Cc1ccccc1)N(Cc1ccccc1Cl)C(=O)Cc1ccc(Cl)c(Cl)c1. The van der Waals surface area contributed by atoms with Crippen LogP contribution >= 0.6 is 34.8 Å². The molecule has 0 bridgehead atoms. The van der Waals surface area contributed by atoms with Gasteiger partial charge in [-0.2, -0.15) is 0 Å². The van der Waals surface area contributed by atoms with Gasteiger partial charge in [-0.25, -0.2) is 0 Å². The first kappa shape index (κ1) is 25.1. The van der Waals surface area contributed by atoms with Crippen molar-refractivity contribution in [3.05, 3.63) is 105 Å². The summed E-state index contributed by atoms with van der Waals surface area (Å²) in [6.45, 7) is 2.52. The number of amides is 2. The number of rotatable bonds is 9. The van der Waals surface area contributed by atoms with Crippen molar-refractivity contribution in [2.24, 2.45) is 0 Å². The average molecular weight is 504 g/mol. The van der Waals surface area contributed by atoms with Crippen LogP contribution < -0.4 is 5.32 Å². The fourth-order valence-corrected chi connectivity index (χ4v) is 4.10. The molecule has 0 aliphatic heterocycles. The number of carbonyl (C=O) groups excluding carboxylic acids is 2. The molecule has 1 atom stereocenters. The van der Waals surface area contributed by atoms with Gasteiger partial charge in [-0.05, 0) is 41.8 Å². The highest BCUT2D eigenvalue weighted by Crippen LogP contribution is 2.25. The first-order chi connectivity index (χ1) is 15.9. The van der Waals surface area contributed by atoms with Gasteiger partial charge in [-0.1, -0.05) is 89.4 Å². The molecule has 0 heterocycles. The van der Waals surface area contributed by atoms with Gasteiger partial charge in [0.25, 0.3) is 0 Å². The Morgan fingerprint density at radius 1 is 0.848 bits per heavy atom. The van der Waals surface area contributed by atoms with E-state index < -0.39 is 6.04 Å². The summed E-state index contributed by atoms with van der Waals surface area (Å²) in [4.78, 5) is 28.3. The minimum Gasteiger partial charge on any atom is -0.355 e. The number of nitrogens with zero attached hydrogens (tertiary/aromatic N) is 1. The van der Waals surface area contributed by atoms with Crippen molar-refractivity contribution in [1.29, 1.82) is 0 Å². The molecule has 0 aromatic heterocycles. The Balaban J connectivity index is 1.97. The van der Waals surface area contributed by atoms with Crippen molar-refractivity contribution in [2.75, 3.05) is 6.54 Å². The van der Waals surface area contributed by atoms with Crippen molar-refractivity contribution < 1.29 is 9.59 Å². The number of hydrogen-bond acceptors (Lipinski definition) is 2. The second kappa shape index (κ2) is 12.1. The molecule has 0 saturated carbocycles. The van der Waals surface area contributed by atoms with Crippen LogP contribution in [-0.4, -0.2) is 29.3 Å². The summed E-state index contributed by atoms with van der Waals surface area (Å²) in [5.41, 5.74) is 2.44. The number of carbonyl (C=O) groups is 2. The van der Waals surface area contributed by atoms with Crippen molar-refractivity contribution in [2.45, 2.75) is 32.4 Å². The van der Waals surface area contributed by atoms with Crippen LogP contribution in [0.2, 0.25) is 15.1 Å². The average Bonchev–Trinajstić information content (AvgIpc) is 2.80. The minimum absolute atomic E-state index is 0.0754. The molecular weight excluding hydrogens is 479 g/mol. The van der Waals surface area contributed by atoms with E-state index in [2.05, 4.69) is 5.32 Å². The molecule has 3 rings (SSSR count). The molecular formula is C26H25Cl3N2O2. The monoisotopic (exact) mass is 502 g/mol. The molecule has 33 heavy (non-hydrogen) atoms. The summed E-state index contributed by atoms with van der Waals surface area (Å²) in [5, 5.41) is 4.22. The predicted octanol–water partition coefficient (Wildman–Crippen LogP) is 5.97. The number of likely N-dealkylation sites (N-methyl/N-ethyl adjacent to an activating group) is 1. The normalized spacial score (nSPS) is 11.6. The Bertz CT molecular complexity index is 1110. The third kappa shape index (κ3) is 6.97. The van der Waals surface area contributed by atoms with Crippen LogP contribution in [0.3, 0.4) is 0 Å². The van der Waals surface area contributed by atoms with E-state index in [1.165, 1.54) is 0 Å². The lowest BCUT2D eigenvalue weighted by Crippen LogP contribution is -2.51. The fourth-order valence-electron chi connectivity index (χ4n) is 3.58. The van der Waals surface area contributed by atoms with Gasteiger partial charge in [0.1, 0.15) is 6.04 Å². The van der Waals surface area contributed by atoms with Gasteiger partial charge in [0.2, 0.25) is 11.8 Å². The van der Waals surface area contributed by atoms with E-state index >= 15 is 0 Å². The van der Waals surface area contributed by atoms with Crippen LogP contribution in [0.5, 0.6) is 0 Å². The molecule has 0 saturated heterocycles. The summed E-state index contributed by atoms with van der Waals surface area (Å²) in [6, 6.07) is 21.4. The van der Waals surface area contributed by atoms with E-state index in [9.17, 15) is 9.59 Å². The van der Waals surface area contributed by atoms with Gasteiger partial charge < -0.3 is 10.2 Å². The third-order valence-electron chi connectivity index (χ3n) is 5.26. The Labute approximate surface area is 209 Å². The standard InChI is InChI=1S/C26H25Cl3N2O2/c1-2-30-26(33)24(15-18-8-4-3-5-9-18)31(17-20-10-6-7-11-21(20)27)25(32)16-19-12-13-22(28)23(29)14-19/h3-14,24H,2,15-17H2,1H3,(H,30,33)/t24-/m1/s1. The summed E-state index contributed by atoms with van der Waals surface area (Å²) in [5.74, 6) is -0.420. The van der Waals surface area contributed by atoms with Crippen molar-refractivity contribution in [1.82, 2.24) is 10.2 Å². The lowest BCUT2D eigenvalue weighted by molar-refractivity contribution is -0.140. The summed E-state index contributed by atoms with van der Waals surface area (Å²) in [7, 11) is 0. The quantitative estimate of drug-likeness (QED) is 0.391. The highest BCUT2D eigenvalue weighted by molar-refractivity contribution is 6.42. The molecule has 3 aromatic carbocycles. The smallest absolute Gasteiger partial charge is 0.243 e. The van der Waals surface area contributed by atoms with Gasteiger partial charge in [0, 0.05) is 24.5 Å². The summed E-state index contributed by atoms with van der Waals surface area (Å²) >= 11 is 18.6. The molecule has 0 aliphatic rings. The number of nitrogens with one attached hydrogen (secondary N) is 1. The second-order valence-corrected chi connectivity index (χ2v) is 8.86. The van der Waals surface area contributed by atoms with Crippen LogP contribution in [0.1, 0.15) is 23.6 Å². The minimum atomic E-state index is -0.709. The molecule has 0 spiro atoms. The van der Waals surface area contributed by atoms with Crippen molar-refractivity contribution in [3.63, 3.8) is 0 Å². The molecule has 0 fully saturated rings. The van der Waals surface area contributed by atoms with Crippen molar-refractivity contribution in [3.8, 4) is 0 Å². The Hall–Kier alpha value is -2.53. The molecule has 0 radical (unpaired) electrons. The number of benzene rings is 3. The Kier molecular flexibility index (Phi) is 9.19. The van der Waals surface area contributed by atoms with Gasteiger partial charge >= 0.3 is 0 Å². The van der Waals surface area contributed by atoms with Crippen LogP contribution in [-0.2, 0) is 29.0 Å². The van der Waals surface area contributed by atoms with Crippen LogP contribution in [0.15, 0.2) is 72.8 Å². The molecule has 0 aliphatic carbocycles. The Morgan fingerprint density at radius 2 is 1.55 bits per heavy atom. The number of halogens is 3. The van der Waals surface area contributed by atoms with Gasteiger partial charge in [0.05, 0.1) is 16.5 Å². The molecule has 4 nitrogen and oxygen atoms in total. The van der Waals surface area contributed by atoms with E-state index in [0.29, 0.717) is 33.6 Å². The first-order valence-electron chi connectivity index (χ1n) is 10.7.